The second-order valence-corrected chi connectivity index (χ2v) is 12.1. The van der Waals surface area contributed by atoms with E-state index in [0.717, 1.165) is 95.4 Å². The van der Waals surface area contributed by atoms with Gasteiger partial charge in [0.05, 0.1) is 30.5 Å². The van der Waals surface area contributed by atoms with Crippen molar-refractivity contribution in [2.75, 3.05) is 65.6 Å². The molecule has 236 valence electrons. The lowest BCUT2D eigenvalue weighted by Crippen LogP contribution is -2.47. The van der Waals surface area contributed by atoms with Crippen molar-refractivity contribution in [1.29, 1.82) is 0 Å². The van der Waals surface area contributed by atoms with Crippen LogP contribution < -0.4 is 10.9 Å². The molecule has 0 unspecified atom stereocenters. The van der Waals surface area contributed by atoms with Gasteiger partial charge in [-0.3, -0.25) is 24.0 Å². The van der Waals surface area contributed by atoms with Gasteiger partial charge in [0.25, 0.3) is 11.5 Å². The van der Waals surface area contributed by atoms with Gasteiger partial charge in [-0.1, -0.05) is 73.7 Å². The van der Waals surface area contributed by atoms with Gasteiger partial charge in [0.2, 0.25) is 0 Å². The topological polar surface area (TPSA) is 70.1 Å². The number of rotatable bonds is 11. The summed E-state index contributed by atoms with van der Waals surface area (Å²) in [7, 11) is 0. The summed E-state index contributed by atoms with van der Waals surface area (Å²) in [6.45, 7) is 12.3. The zero-order valence-corrected chi connectivity index (χ0v) is 26.4. The maximum absolute atomic E-state index is 14.4. The molecular formula is C37H45N5O3. The molecule has 0 radical (unpaired) electrons. The number of amides is 1. The number of ether oxygens (including phenoxy) is 1. The molecule has 2 saturated heterocycles. The molecule has 2 aliphatic rings. The molecule has 4 aromatic rings. The van der Waals surface area contributed by atoms with Crippen LogP contribution in [0.1, 0.15) is 47.4 Å². The zero-order chi connectivity index (χ0) is 31.0. The van der Waals surface area contributed by atoms with Gasteiger partial charge in [0.15, 0.2) is 0 Å². The predicted octanol–water partition coefficient (Wildman–Crippen LogP) is 4.71. The summed E-state index contributed by atoms with van der Waals surface area (Å²) in [5.74, 6) is -0.150. The minimum Gasteiger partial charge on any atom is -0.379 e. The lowest BCUT2D eigenvalue weighted by molar-refractivity contribution is 0.0350. The molecule has 1 aromatic heterocycles. The molecule has 8 nitrogen and oxygen atoms in total. The number of hydrogen-bond acceptors (Lipinski definition) is 6. The van der Waals surface area contributed by atoms with Gasteiger partial charge in [-0.25, -0.2) is 0 Å². The number of piperazine rings is 1. The Hall–Kier alpha value is -3.82. The molecule has 3 heterocycles. The van der Waals surface area contributed by atoms with Crippen LogP contribution in [0.25, 0.3) is 16.5 Å². The maximum atomic E-state index is 14.4. The summed E-state index contributed by atoms with van der Waals surface area (Å²) in [5, 5.41) is 4.58. The van der Waals surface area contributed by atoms with Crippen molar-refractivity contribution in [2.24, 2.45) is 0 Å². The van der Waals surface area contributed by atoms with Gasteiger partial charge in [0.1, 0.15) is 0 Å². The molecule has 0 spiro atoms. The maximum Gasteiger partial charge on any atom is 0.263 e. The molecule has 2 fully saturated rings. The Balaban J connectivity index is 1.29. The molecule has 6 rings (SSSR count). The second-order valence-electron chi connectivity index (χ2n) is 12.1. The quantitative estimate of drug-likeness (QED) is 0.266. The fourth-order valence-corrected chi connectivity index (χ4v) is 6.71. The number of hydrogen-bond donors (Lipinski definition) is 1. The number of nitrogens with one attached hydrogen (secondary N) is 1. The molecule has 1 atom stereocenters. The van der Waals surface area contributed by atoms with Gasteiger partial charge >= 0.3 is 0 Å². The van der Waals surface area contributed by atoms with Crippen molar-refractivity contribution in [2.45, 2.75) is 32.4 Å². The Kier molecular flexibility index (Phi) is 10.4. The summed E-state index contributed by atoms with van der Waals surface area (Å²) < 4.78 is 7.26. The average Bonchev–Trinajstić information content (AvgIpc) is 3.09. The third-order valence-corrected chi connectivity index (χ3v) is 9.24. The highest BCUT2D eigenvalue weighted by Crippen LogP contribution is 2.26. The van der Waals surface area contributed by atoms with E-state index >= 15 is 0 Å². The van der Waals surface area contributed by atoms with Crippen LogP contribution in [0.3, 0.4) is 0 Å². The summed E-state index contributed by atoms with van der Waals surface area (Å²) in [6.07, 6.45) is 1.91. The molecule has 2 aliphatic heterocycles. The highest BCUT2D eigenvalue weighted by Gasteiger charge is 2.27. The predicted molar refractivity (Wildman–Crippen MR) is 180 cm³/mol. The third kappa shape index (κ3) is 7.36. The summed E-state index contributed by atoms with van der Waals surface area (Å²) in [5.41, 5.74) is 3.07. The molecule has 0 aliphatic carbocycles. The van der Waals surface area contributed by atoms with Crippen LogP contribution in [0, 0.1) is 0 Å². The number of carbonyl (C=O) groups excluding carboxylic acids is 1. The molecule has 45 heavy (non-hydrogen) atoms. The van der Waals surface area contributed by atoms with Crippen molar-refractivity contribution >= 4 is 16.7 Å². The average molecular weight is 608 g/mol. The van der Waals surface area contributed by atoms with E-state index in [0.29, 0.717) is 22.9 Å². The van der Waals surface area contributed by atoms with Crippen LogP contribution in [0.15, 0.2) is 89.7 Å². The van der Waals surface area contributed by atoms with Crippen molar-refractivity contribution in [1.82, 2.24) is 24.6 Å². The number of fused-ring (bicyclic) bond motifs is 1. The van der Waals surface area contributed by atoms with E-state index in [-0.39, 0.29) is 17.5 Å². The Labute approximate surface area is 266 Å². The number of para-hydroxylation sites is 1. The Morgan fingerprint density at radius 3 is 2.00 bits per heavy atom. The fraction of sp³-hybridized carbons (Fsp3) is 0.405. The number of aromatic nitrogens is 1. The Bertz CT molecular complexity index is 1610. The summed E-state index contributed by atoms with van der Waals surface area (Å²) in [6, 6.07) is 27.2. The number of morpholine rings is 1. The molecule has 1 N–H and O–H groups in total. The van der Waals surface area contributed by atoms with Gasteiger partial charge in [0, 0.05) is 62.3 Å². The highest BCUT2D eigenvalue weighted by atomic mass is 16.5. The lowest BCUT2D eigenvalue weighted by atomic mass is 9.99. The first-order valence-corrected chi connectivity index (χ1v) is 16.4. The Morgan fingerprint density at radius 1 is 0.756 bits per heavy atom. The smallest absolute Gasteiger partial charge is 0.263 e. The summed E-state index contributed by atoms with van der Waals surface area (Å²) in [4.78, 5) is 36.0. The molecule has 0 bridgehead atoms. The minimum absolute atomic E-state index is 0.0970. The van der Waals surface area contributed by atoms with Crippen LogP contribution >= 0.6 is 0 Å². The van der Waals surface area contributed by atoms with Gasteiger partial charge in [-0.15, -0.1) is 0 Å². The van der Waals surface area contributed by atoms with Crippen molar-refractivity contribution < 1.29 is 9.53 Å². The van der Waals surface area contributed by atoms with Crippen molar-refractivity contribution in [3.8, 4) is 5.69 Å². The van der Waals surface area contributed by atoms with Gasteiger partial charge in [-0.05, 0) is 49.7 Å². The number of carbonyl (C=O) groups is 1. The highest BCUT2D eigenvalue weighted by molar-refractivity contribution is 6.08. The second kappa shape index (κ2) is 15.0. The first-order chi connectivity index (χ1) is 22.1. The third-order valence-electron chi connectivity index (χ3n) is 9.24. The fourth-order valence-electron chi connectivity index (χ4n) is 6.71. The van der Waals surface area contributed by atoms with Crippen molar-refractivity contribution in [3.63, 3.8) is 0 Å². The van der Waals surface area contributed by atoms with Gasteiger partial charge in [-0.2, -0.15) is 0 Å². The van der Waals surface area contributed by atoms with E-state index < -0.39 is 0 Å². The van der Waals surface area contributed by atoms with Gasteiger partial charge < -0.3 is 15.0 Å². The van der Waals surface area contributed by atoms with Crippen LogP contribution in [-0.4, -0.2) is 90.7 Å². The van der Waals surface area contributed by atoms with E-state index in [1.165, 1.54) is 0 Å². The lowest BCUT2D eigenvalue weighted by Gasteiger charge is -2.36. The monoisotopic (exact) mass is 607 g/mol. The SMILES string of the molecule is CC[C@H](NC(=O)c1c(CN2CCN(CCCN3CCOCC3)CC2)n(-c2ccccc2)c(=O)c2ccccc12)c1ccccc1. The number of benzene rings is 3. The van der Waals surface area contributed by atoms with Crippen LogP contribution in [0.4, 0.5) is 0 Å². The molecule has 1 amide bonds. The van der Waals surface area contributed by atoms with Crippen LogP contribution in [-0.2, 0) is 11.3 Å². The minimum atomic E-state index is -0.150. The molecular weight excluding hydrogens is 562 g/mol. The normalized spacial score (nSPS) is 17.4. The Morgan fingerprint density at radius 2 is 1.33 bits per heavy atom. The van der Waals surface area contributed by atoms with E-state index in [1.54, 1.807) is 4.57 Å². The number of pyridine rings is 1. The van der Waals surface area contributed by atoms with Crippen molar-refractivity contribution in [3.05, 3.63) is 112 Å². The van der Waals surface area contributed by atoms with E-state index in [4.69, 9.17) is 4.74 Å². The van der Waals surface area contributed by atoms with Crippen LogP contribution in [0.5, 0.6) is 0 Å². The molecule has 8 heteroatoms. The van der Waals surface area contributed by atoms with E-state index in [9.17, 15) is 9.59 Å². The van der Waals surface area contributed by atoms with Crippen LogP contribution in [0.2, 0.25) is 0 Å². The first-order valence-electron chi connectivity index (χ1n) is 16.4. The van der Waals surface area contributed by atoms with E-state index in [1.807, 2.05) is 72.8 Å². The standard InChI is InChI=1S/C37H45N5O3/c1-2-33(29-12-5-3-6-13-29)38-36(43)35-31-16-9-10-17-32(31)37(44)42(30-14-7-4-8-15-30)34(35)28-41-22-20-39(21-23-41)18-11-19-40-24-26-45-27-25-40/h3-10,12-17,33H,2,11,18-28H2,1H3,(H,38,43)/t33-/m0/s1. The molecule has 3 aromatic carbocycles. The molecule has 0 saturated carbocycles. The first kappa shape index (κ1) is 31.2. The zero-order valence-electron chi connectivity index (χ0n) is 26.4. The largest absolute Gasteiger partial charge is 0.379 e. The summed E-state index contributed by atoms with van der Waals surface area (Å²) >= 11 is 0. The number of nitrogens with zero attached hydrogens (tertiary/aromatic N) is 4. The van der Waals surface area contributed by atoms with E-state index in [2.05, 4.69) is 39.1 Å².